The molecule has 2 heterocycles. The van der Waals surface area contributed by atoms with Crippen LogP contribution >= 0.6 is 0 Å². The van der Waals surface area contributed by atoms with E-state index in [2.05, 4.69) is 14.9 Å². The lowest BCUT2D eigenvalue weighted by molar-refractivity contribution is 0.308. The normalized spacial score (nSPS) is 21.4. The van der Waals surface area contributed by atoms with Gasteiger partial charge in [0.1, 0.15) is 5.82 Å². The summed E-state index contributed by atoms with van der Waals surface area (Å²) in [5.41, 5.74) is 6.69. The van der Waals surface area contributed by atoms with Crippen LogP contribution in [0.2, 0.25) is 0 Å². The van der Waals surface area contributed by atoms with Crippen LogP contribution in [0.15, 0.2) is 12.4 Å². The van der Waals surface area contributed by atoms with E-state index in [0.29, 0.717) is 18.2 Å². The van der Waals surface area contributed by atoms with E-state index in [1.165, 1.54) is 0 Å². The third-order valence-electron chi connectivity index (χ3n) is 3.02. The number of nitrogen functional groups attached to an aromatic ring is 1. The summed E-state index contributed by atoms with van der Waals surface area (Å²) in [5.74, 6) is 0.883. The molecule has 0 radical (unpaired) electrons. The fourth-order valence-electron chi connectivity index (χ4n) is 2.22. The average Bonchev–Trinajstić information content (AvgIpc) is 2.75. The lowest BCUT2D eigenvalue weighted by Gasteiger charge is -2.15. The fraction of sp³-hybridized carbons (Fsp3) is 0.636. The summed E-state index contributed by atoms with van der Waals surface area (Å²) in [6.45, 7) is 2.51. The molecule has 1 aromatic heterocycles. The minimum atomic E-state index is -0.242. The molecule has 1 atom stereocenters. The number of alkyl halides is 1. The van der Waals surface area contributed by atoms with Gasteiger partial charge in [-0.1, -0.05) is 0 Å². The minimum Gasteiger partial charge on any atom is -0.382 e. The first-order valence-corrected chi connectivity index (χ1v) is 5.66. The van der Waals surface area contributed by atoms with Gasteiger partial charge in [-0.3, -0.25) is 9.37 Å². The number of nitrogens with two attached hydrogens (primary N) is 1. The summed E-state index contributed by atoms with van der Waals surface area (Å²) in [6, 6.07) is 0. The molecule has 1 aliphatic rings. The molecule has 1 saturated heterocycles. The Morgan fingerprint density at radius 2 is 2.25 bits per heavy atom. The average molecular weight is 224 g/mol. The van der Waals surface area contributed by atoms with E-state index in [1.807, 2.05) is 0 Å². The van der Waals surface area contributed by atoms with Crippen molar-refractivity contribution in [1.82, 2.24) is 14.9 Å². The Morgan fingerprint density at radius 1 is 1.44 bits per heavy atom. The van der Waals surface area contributed by atoms with Crippen LogP contribution in [0.5, 0.6) is 0 Å². The highest BCUT2D eigenvalue weighted by atomic mass is 19.1. The Bertz CT molecular complexity index is 345. The van der Waals surface area contributed by atoms with Crippen molar-refractivity contribution in [2.24, 2.45) is 0 Å². The zero-order chi connectivity index (χ0) is 11.4. The number of anilines is 1. The summed E-state index contributed by atoms with van der Waals surface area (Å²) in [4.78, 5) is 10.6. The summed E-state index contributed by atoms with van der Waals surface area (Å²) < 4.78 is 12.1. The number of likely N-dealkylation sites (tertiary alicyclic amines) is 1. The van der Waals surface area contributed by atoms with Gasteiger partial charge in [0, 0.05) is 31.4 Å². The van der Waals surface area contributed by atoms with E-state index in [-0.39, 0.29) is 6.67 Å². The molecule has 0 aromatic carbocycles. The molecule has 1 aliphatic heterocycles. The summed E-state index contributed by atoms with van der Waals surface area (Å²) in [5, 5.41) is 0. The molecule has 0 bridgehead atoms. The molecule has 1 aromatic rings. The highest BCUT2D eigenvalue weighted by molar-refractivity contribution is 5.36. The van der Waals surface area contributed by atoms with Crippen molar-refractivity contribution in [2.75, 3.05) is 32.0 Å². The van der Waals surface area contributed by atoms with Gasteiger partial charge in [0.25, 0.3) is 0 Å². The van der Waals surface area contributed by atoms with Crippen LogP contribution in [0.3, 0.4) is 0 Å². The van der Waals surface area contributed by atoms with Crippen molar-refractivity contribution in [1.29, 1.82) is 0 Å². The standard InChI is InChI=1S/C11H17FN4/c12-3-1-6-16-7-2-9(8-16)10-11(13)15-5-4-14-10/h4-5,9H,1-3,6-8H2,(H2,13,15)/t9-/m0/s1. The third-order valence-corrected chi connectivity index (χ3v) is 3.02. The van der Waals surface area contributed by atoms with Crippen LogP contribution in [0.25, 0.3) is 0 Å². The van der Waals surface area contributed by atoms with Crippen LogP contribution in [0.1, 0.15) is 24.5 Å². The molecule has 0 amide bonds. The van der Waals surface area contributed by atoms with E-state index >= 15 is 0 Å². The maximum absolute atomic E-state index is 12.1. The number of rotatable bonds is 4. The van der Waals surface area contributed by atoms with E-state index in [0.717, 1.165) is 31.7 Å². The SMILES string of the molecule is Nc1nccnc1[C@H]1CCN(CCCF)C1. The first kappa shape index (κ1) is 11.3. The van der Waals surface area contributed by atoms with Crippen molar-refractivity contribution in [2.45, 2.75) is 18.8 Å². The van der Waals surface area contributed by atoms with Crippen LogP contribution < -0.4 is 5.73 Å². The topological polar surface area (TPSA) is 55.0 Å². The second kappa shape index (κ2) is 5.21. The zero-order valence-corrected chi connectivity index (χ0v) is 9.27. The quantitative estimate of drug-likeness (QED) is 0.835. The van der Waals surface area contributed by atoms with Gasteiger partial charge in [0.15, 0.2) is 0 Å². The zero-order valence-electron chi connectivity index (χ0n) is 9.27. The van der Waals surface area contributed by atoms with Gasteiger partial charge < -0.3 is 10.6 Å². The monoisotopic (exact) mass is 224 g/mol. The highest BCUT2D eigenvalue weighted by Gasteiger charge is 2.26. The molecule has 0 spiro atoms. The van der Waals surface area contributed by atoms with Gasteiger partial charge in [-0.15, -0.1) is 0 Å². The number of hydrogen-bond acceptors (Lipinski definition) is 4. The Balaban J connectivity index is 1.96. The van der Waals surface area contributed by atoms with Gasteiger partial charge in [-0.25, -0.2) is 4.98 Å². The largest absolute Gasteiger partial charge is 0.382 e. The van der Waals surface area contributed by atoms with Gasteiger partial charge >= 0.3 is 0 Å². The predicted octanol–water partition coefficient (Wildman–Crippen LogP) is 1.21. The second-order valence-electron chi connectivity index (χ2n) is 4.16. The second-order valence-corrected chi connectivity index (χ2v) is 4.16. The molecule has 16 heavy (non-hydrogen) atoms. The molecule has 5 heteroatoms. The van der Waals surface area contributed by atoms with Gasteiger partial charge in [0.05, 0.1) is 12.4 Å². The van der Waals surface area contributed by atoms with E-state index in [9.17, 15) is 4.39 Å². The molecule has 1 fully saturated rings. The maximum atomic E-state index is 12.1. The molecule has 0 aliphatic carbocycles. The first-order valence-electron chi connectivity index (χ1n) is 5.66. The summed E-state index contributed by atoms with van der Waals surface area (Å²) in [6.07, 6.45) is 4.93. The molecular weight excluding hydrogens is 207 g/mol. The summed E-state index contributed by atoms with van der Waals surface area (Å²) in [7, 11) is 0. The molecule has 0 unspecified atom stereocenters. The molecule has 2 rings (SSSR count). The number of hydrogen-bond donors (Lipinski definition) is 1. The van der Waals surface area contributed by atoms with Crippen molar-refractivity contribution in [3.63, 3.8) is 0 Å². The summed E-state index contributed by atoms with van der Waals surface area (Å²) >= 11 is 0. The van der Waals surface area contributed by atoms with Gasteiger partial charge in [0.2, 0.25) is 0 Å². The van der Waals surface area contributed by atoms with Crippen LogP contribution in [0.4, 0.5) is 10.2 Å². The third kappa shape index (κ3) is 2.47. The number of nitrogens with zero attached hydrogens (tertiary/aromatic N) is 3. The van der Waals surface area contributed by atoms with Crippen LogP contribution in [-0.2, 0) is 0 Å². The number of aromatic nitrogens is 2. The van der Waals surface area contributed by atoms with E-state index in [4.69, 9.17) is 5.73 Å². The van der Waals surface area contributed by atoms with E-state index in [1.54, 1.807) is 12.4 Å². The molecule has 4 nitrogen and oxygen atoms in total. The lowest BCUT2D eigenvalue weighted by Crippen LogP contribution is -2.22. The minimum absolute atomic E-state index is 0.242. The number of halogens is 1. The smallest absolute Gasteiger partial charge is 0.145 e. The van der Waals surface area contributed by atoms with Crippen molar-refractivity contribution >= 4 is 5.82 Å². The highest BCUT2D eigenvalue weighted by Crippen LogP contribution is 2.27. The molecule has 2 N–H and O–H groups in total. The van der Waals surface area contributed by atoms with Crippen LogP contribution in [0, 0.1) is 0 Å². The van der Waals surface area contributed by atoms with Crippen molar-refractivity contribution < 1.29 is 4.39 Å². The predicted molar refractivity (Wildman–Crippen MR) is 60.8 cm³/mol. The van der Waals surface area contributed by atoms with Crippen molar-refractivity contribution in [3.05, 3.63) is 18.1 Å². The Labute approximate surface area is 94.7 Å². The van der Waals surface area contributed by atoms with Crippen LogP contribution in [-0.4, -0.2) is 41.2 Å². The Kier molecular flexibility index (Phi) is 3.66. The van der Waals surface area contributed by atoms with E-state index < -0.39 is 0 Å². The maximum Gasteiger partial charge on any atom is 0.145 e. The van der Waals surface area contributed by atoms with Gasteiger partial charge in [-0.2, -0.15) is 0 Å². The lowest BCUT2D eigenvalue weighted by atomic mass is 10.0. The van der Waals surface area contributed by atoms with Crippen molar-refractivity contribution in [3.8, 4) is 0 Å². The Morgan fingerprint density at radius 3 is 3.00 bits per heavy atom. The first-order chi connectivity index (χ1) is 7.81. The Hall–Kier alpha value is -1.23. The van der Waals surface area contributed by atoms with Gasteiger partial charge in [-0.05, 0) is 19.4 Å². The molecular formula is C11H17FN4. The molecule has 0 saturated carbocycles. The molecule has 88 valence electrons. The fourth-order valence-corrected chi connectivity index (χ4v) is 2.22.